The van der Waals surface area contributed by atoms with Crippen LogP contribution >= 0.6 is 0 Å². The van der Waals surface area contributed by atoms with E-state index < -0.39 is 0 Å². The Balaban J connectivity index is 1.57. The summed E-state index contributed by atoms with van der Waals surface area (Å²) in [6.07, 6.45) is 1.70. The molecule has 0 bridgehead atoms. The van der Waals surface area contributed by atoms with Crippen LogP contribution in [0, 0.1) is 6.92 Å². The number of H-pyrrole nitrogens is 1. The van der Waals surface area contributed by atoms with Crippen molar-refractivity contribution in [1.82, 2.24) is 20.2 Å². The molecule has 4 aromatic rings. The van der Waals surface area contributed by atoms with Crippen LogP contribution < -0.4 is 15.5 Å². The van der Waals surface area contributed by atoms with Crippen LogP contribution in [0.2, 0.25) is 0 Å². The minimum Gasteiger partial charge on any atom is -0.329 e. The molecule has 0 aliphatic heterocycles. The van der Waals surface area contributed by atoms with Gasteiger partial charge in [-0.2, -0.15) is 10.1 Å². The second kappa shape index (κ2) is 7.59. The fourth-order valence-electron chi connectivity index (χ4n) is 3.08. The Labute approximate surface area is 168 Å². The maximum absolute atomic E-state index is 11.3. The lowest BCUT2D eigenvalue weighted by atomic mass is 10.2. The summed E-state index contributed by atoms with van der Waals surface area (Å²) in [6.45, 7) is 3.48. The number of aryl methyl sites for hydroxylation is 1. The molecule has 2 aromatic heterocycles. The first-order valence-electron chi connectivity index (χ1n) is 9.16. The number of anilines is 5. The van der Waals surface area contributed by atoms with E-state index in [-0.39, 0.29) is 5.91 Å². The molecule has 0 aliphatic carbocycles. The number of amides is 1. The molecule has 1 amide bonds. The Kier molecular flexibility index (Phi) is 4.82. The lowest BCUT2D eigenvalue weighted by Gasteiger charge is -2.19. The van der Waals surface area contributed by atoms with E-state index in [0.29, 0.717) is 11.6 Å². The van der Waals surface area contributed by atoms with Crippen molar-refractivity contribution in [1.29, 1.82) is 0 Å². The number of aromatic nitrogens is 4. The lowest BCUT2D eigenvalue weighted by molar-refractivity contribution is -0.114. The molecule has 2 heterocycles. The molecule has 0 saturated heterocycles. The van der Waals surface area contributed by atoms with Gasteiger partial charge in [-0.1, -0.05) is 6.07 Å². The standard InChI is InChI=1S/C21H21N7O/c1-13-18-8-7-17(12-19(18)27-26-13)28(3)20-9-10-22-21(25-20)24-16-6-4-5-15(11-16)23-14(2)29/h4-12H,1-3H3,(H,23,29)(H,26,27)(H,22,24,25). The van der Waals surface area contributed by atoms with Gasteiger partial charge in [0.15, 0.2) is 0 Å². The molecule has 0 saturated carbocycles. The summed E-state index contributed by atoms with van der Waals surface area (Å²) < 4.78 is 0. The van der Waals surface area contributed by atoms with E-state index in [1.807, 2.05) is 67.4 Å². The summed E-state index contributed by atoms with van der Waals surface area (Å²) in [4.78, 5) is 22.1. The average Bonchev–Trinajstić information content (AvgIpc) is 3.08. The molecule has 0 fully saturated rings. The van der Waals surface area contributed by atoms with Gasteiger partial charge in [-0.25, -0.2) is 4.98 Å². The number of rotatable bonds is 5. The summed E-state index contributed by atoms with van der Waals surface area (Å²) in [6, 6.07) is 15.3. The van der Waals surface area contributed by atoms with Gasteiger partial charge in [-0.05, 0) is 49.4 Å². The molecule has 0 unspecified atom stereocenters. The van der Waals surface area contributed by atoms with Crippen molar-refractivity contribution in [3.63, 3.8) is 0 Å². The highest BCUT2D eigenvalue weighted by Crippen LogP contribution is 2.27. The van der Waals surface area contributed by atoms with Crippen LogP contribution in [0.4, 0.5) is 28.8 Å². The van der Waals surface area contributed by atoms with Gasteiger partial charge < -0.3 is 15.5 Å². The lowest BCUT2D eigenvalue weighted by Crippen LogP contribution is -2.12. The average molecular weight is 387 g/mol. The van der Waals surface area contributed by atoms with Gasteiger partial charge in [0, 0.05) is 48.3 Å². The van der Waals surface area contributed by atoms with E-state index in [1.165, 1.54) is 6.92 Å². The van der Waals surface area contributed by atoms with Crippen LogP contribution in [0.15, 0.2) is 54.7 Å². The first-order valence-corrected chi connectivity index (χ1v) is 9.16. The van der Waals surface area contributed by atoms with Gasteiger partial charge in [0.2, 0.25) is 11.9 Å². The number of fused-ring (bicyclic) bond motifs is 1. The van der Waals surface area contributed by atoms with E-state index >= 15 is 0 Å². The quantitative estimate of drug-likeness (QED) is 0.476. The number of nitrogens with one attached hydrogen (secondary N) is 3. The van der Waals surface area contributed by atoms with E-state index in [4.69, 9.17) is 0 Å². The molecular formula is C21H21N7O. The third-order valence-electron chi connectivity index (χ3n) is 4.54. The highest BCUT2D eigenvalue weighted by molar-refractivity contribution is 5.89. The van der Waals surface area contributed by atoms with Crippen LogP contribution in [0.1, 0.15) is 12.6 Å². The fraction of sp³-hybridized carbons (Fsp3) is 0.143. The van der Waals surface area contributed by atoms with Crippen molar-refractivity contribution in [3.05, 3.63) is 60.4 Å². The van der Waals surface area contributed by atoms with Gasteiger partial charge in [0.25, 0.3) is 0 Å². The smallest absolute Gasteiger partial charge is 0.229 e. The summed E-state index contributed by atoms with van der Waals surface area (Å²) in [5.41, 5.74) is 4.42. The summed E-state index contributed by atoms with van der Waals surface area (Å²) in [5.74, 6) is 1.09. The number of carbonyl (C=O) groups is 1. The van der Waals surface area contributed by atoms with E-state index in [0.717, 1.165) is 33.8 Å². The molecule has 2 aromatic carbocycles. The first-order chi connectivity index (χ1) is 14.0. The first kappa shape index (κ1) is 18.4. The molecule has 0 radical (unpaired) electrons. The van der Waals surface area contributed by atoms with Crippen LogP contribution in [0.25, 0.3) is 10.9 Å². The van der Waals surface area contributed by atoms with Crippen molar-refractivity contribution < 1.29 is 4.79 Å². The molecule has 146 valence electrons. The predicted molar refractivity (Wildman–Crippen MR) is 115 cm³/mol. The van der Waals surface area contributed by atoms with Gasteiger partial charge in [0.05, 0.1) is 5.52 Å². The number of nitrogens with zero attached hydrogens (tertiary/aromatic N) is 4. The molecule has 29 heavy (non-hydrogen) atoms. The Morgan fingerprint density at radius 2 is 1.93 bits per heavy atom. The Morgan fingerprint density at radius 3 is 2.76 bits per heavy atom. The fourth-order valence-corrected chi connectivity index (χ4v) is 3.08. The SMILES string of the molecule is CC(=O)Nc1cccc(Nc2nccc(N(C)c3ccc4c(C)[nH]nc4c3)n2)c1. The number of benzene rings is 2. The maximum Gasteiger partial charge on any atom is 0.229 e. The zero-order valence-electron chi connectivity index (χ0n) is 16.4. The Bertz CT molecular complexity index is 1180. The minimum atomic E-state index is -0.119. The molecule has 4 rings (SSSR count). The van der Waals surface area contributed by atoms with Gasteiger partial charge in [-0.15, -0.1) is 0 Å². The Morgan fingerprint density at radius 1 is 1.10 bits per heavy atom. The number of carbonyl (C=O) groups excluding carboxylic acids is 1. The third-order valence-corrected chi connectivity index (χ3v) is 4.54. The summed E-state index contributed by atoms with van der Waals surface area (Å²) in [7, 11) is 1.95. The van der Waals surface area contributed by atoms with Gasteiger partial charge in [0.1, 0.15) is 5.82 Å². The molecule has 0 spiro atoms. The molecule has 8 heteroatoms. The highest BCUT2D eigenvalue weighted by atomic mass is 16.1. The molecule has 0 aliphatic rings. The Hall–Kier alpha value is -3.94. The van der Waals surface area contributed by atoms with Crippen molar-refractivity contribution in [2.75, 3.05) is 22.6 Å². The molecule has 8 nitrogen and oxygen atoms in total. The summed E-state index contributed by atoms with van der Waals surface area (Å²) in [5, 5.41) is 14.4. The van der Waals surface area contributed by atoms with Crippen molar-refractivity contribution in [3.8, 4) is 0 Å². The van der Waals surface area contributed by atoms with Crippen LogP contribution in [0.3, 0.4) is 0 Å². The minimum absolute atomic E-state index is 0.119. The number of aromatic amines is 1. The van der Waals surface area contributed by atoms with E-state index in [9.17, 15) is 4.79 Å². The molecular weight excluding hydrogens is 366 g/mol. The predicted octanol–water partition coefficient (Wildman–Crippen LogP) is 4.13. The number of hydrogen-bond acceptors (Lipinski definition) is 6. The largest absolute Gasteiger partial charge is 0.329 e. The maximum atomic E-state index is 11.3. The van der Waals surface area contributed by atoms with Crippen molar-refractivity contribution >= 4 is 45.6 Å². The zero-order chi connectivity index (χ0) is 20.4. The van der Waals surface area contributed by atoms with Crippen molar-refractivity contribution in [2.45, 2.75) is 13.8 Å². The normalized spacial score (nSPS) is 10.7. The third kappa shape index (κ3) is 4.01. The second-order valence-corrected chi connectivity index (χ2v) is 6.73. The summed E-state index contributed by atoms with van der Waals surface area (Å²) >= 11 is 0. The number of hydrogen-bond donors (Lipinski definition) is 3. The van der Waals surface area contributed by atoms with Crippen LogP contribution in [-0.2, 0) is 4.79 Å². The molecule has 0 atom stereocenters. The van der Waals surface area contributed by atoms with Gasteiger partial charge in [-0.3, -0.25) is 9.89 Å². The van der Waals surface area contributed by atoms with Gasteiger partial charge >= 0.3 is 0 Å². The monoisotopic (exact) mass is 387 g/mol. The topological polar surface area (TPSA) is 98.8 Å². The van der Waals surface area contributed by atoms with Crippen LogP contribution in [-0.4, -0.2) is 33.1 Å². The van der Waals surface area contributed by atoms with Crippen LogP contribution in [0.5, 0.6) is 0 Å². The second-order valence-electron chi connectivity index (χ2n) is 6.73. The zero-order valence-corrected chi connectivity index (χ0v) is 16.4. The van der Waals surface area contributed by atoms with Crippen molar-refractivity contribution in [2.24, 2.45) is 0 Å². The van der Waals surface area contributed by atoms with E-state index in [1.54, 1.807) is 6.20 Å². The van der Waals surface area contributed by atoms with E-state index in [2.05, 4.69) is 30.8 Å². The molecule has 3 N–H and O–H groups in total. The highest BCUT2D eigenvalue weighted by Gasteiger charge is 2.10.